The predicted octanol–water partition coefficient (Wildman–Crippen LogP) is 1.79. The van der Waals surface area contributed by atoms with Gasteiger partial charge in [-0.1, -0.05) is 30.9 Å². The standard InChI is InChI=1S/C11H20N4/c1-15-11(8-13-14-15)10(12)7-6-9-4-2-3-5-9/h8-10H,2-7,12H2,1H3. The highest BCUT2D eigenvalue weighted by Gasteiger charge is 2.17. The lowest BCUT2D eigenvalue weighted by atomic mass is 9.98. The summed E-state index contributed by atoms with van der Waals surface area (Å²) in [6.45, 7) is 0. The molecule has 1 aromatic heterocycles. The zero-order valence-corrected chi connectivity index (χ0v) is 9.39. The van der Waals surface area contributed by atoms with E-state index in [0.29, 0.717) is 0 Å². The van der Waals surface area contributed by atoms with Gasteiger partial charge in [0.15, 0.2) is 0 Å². The van der Waals surface area contributed by atoms with Crippen LogP contribution in [0.5, 0.6) is 0 Å². The molecule has 1 aromatic rings. The number of rotatable bonds is 4. The molecule has 0 spiro atoms. The molecule has 1 saturated carbocycles. The molecule has 84 valence electrons. The van der Waals surface area contributed by atoms with Gasteiger partial charge in [0.05, 0.1) is 11.9 Å². The van der Waals surface area contributed by atoms with E-state index in [9.17, 15) is 0 Å². The average molecular weight is 208 g/mol. The van der Waals surface area contributed by atoms with Crippen LogP contribution in [0.3, 0.4) is 0 Å². The summed E-state index contributed by atoms with van der Waals surface area (Å²) in [5.41, 5.74) is 7.17. The Morgan fingerprint density at radius 2 is 2.27 bits per heavy atom. The second kappa shape index (κ2) is 4.75. The fourth-order valence-electron chi connectivity index (χ4n) is 2.50. The summed E-state index contributed by atoms with van der Waals surface area (Å²) < 4.78 is 1.78. The van der Waals surface area contributed by atoms with Crippen molar-refractivity contribution in [2.75, 3.05) is 0 Å². The number of aryl methyl sites for hydroxylation is 1. The Hall–Kier alpha value is -0.900. The Labute approximate surface area is 90.8 Å². The van der Waals surface area contributed by atoms with Crippen molar-refractivity contribution in [2.24, 2.45) is 18.7 Å². The van der Waals surface area contributed by atoms with Crippen LogP contribution in [0.1, 0.15) is 50.3 Å². The van der Waals surface area contributed by atoms with E-state index in [1.807, 2.05) is 7.05 Å². The number of nitrogens with two attached hydrogens (primary N) is 1. The van der Waals surface area contributed by atoms with Crippen molar-refractivity contribution in [3.05, 3.63) is 11.9 Å². The molecule has 1 atom stereocenters. The van der Waals surface area contributed by atoms with Gasteiger partial charge in [0.25, 0.3) is 0 Å². The van der Waals surface area contributed by atoms with Crippen molar-refractivity contribution in [2.45, 2.75) is 44.6 Å². The van der Waals surface area contributed by atoms with Crippen molar-refractivity contribution < 1.29 is 0 Å². The van der Waals surface area contributed by atoms with Gasteiger partial charge in [-0.15, -0.1) is 5.10 Å². The molecule has 0 aliphatic heterocycles. The summed E-state index contributed by atoms with van der Waals surface area (Å²) in [5, 5.41) is 7.76. The van der Waals surface area contributed by atoms with E-state index in [1.54, 1.807) is 10.9 Å². The third-order valence-corrected chi connectivity index (χ3v) is 3.49. The normalized spacial score (nSPS) is 19.6. The van der Waals surface area contributed by atoms with Gasteiger partial charge in [0, 0.05) is 13.1 Å². The van der Waals surface area contributed by atoms with Crippen molar-refractivity contribution >= 4 is 0 Å². The SMILES string of the molecule is Cn1nncc1C(N)CCC1CCCC1. The fraction of sp³-hybridized carbons (Fsp3) is 0.818. The molecule has 0 bridgehead atoms. The Morgan fingerprint density at radius 3 is 2.87 bits per heavy atom. The van der Waals surface area contributed by atoms with E-state index in [4.69, 9.17) is 5.73 Å². The van der Waals surface area contributed by atoms with Gasteiger partial charge in [-0.05, 0) is 18.8 Å². The summed E-state index contributed by atoms with van der Waals surface area (Å²) in [4.78, 5) is 0. The highest BCUT2D eigenvalue weighted by atomic mass is 15.4. The maximum Gasteiger partial charge on any atom is 0.0751 e. The minimum absolute atomic E-state index is 0.102. The molecule has 1 unspecified atom stereocenters. The number of nitrogens with zero attached hydrogens (tertiary/aromatic N) is 3. The first-order chi connectivity index (χ1) is 7.27. The van der Waals surface area contributed by atoms with Crippen molar-refractivity contribution in [1.82, 2.24) is 15.0 Å². The van der Waals surface area contributed by atoms with Crippen LogP contribution in [0.15, 0.2) is 6.20 Å². The number of hydrogen-bond donors (Lipinski definition) is 1. The minimum Gasteiger partial charge on any atom is -0.323 e. The van der Waals surface area contributed by atoms with E-state index in [0.717, 1.165) is 18.0 Å². The third kappa shape index (κ3) is 2.56. The molecule has 0 radical (unpaired) electrons. The van der Waals surface area contributed by atoms with E-state index < -0.39 is 0 Å². The second-order valence-electron chi connectivity index (χ2n) is 4.62. The summed E-state index contributed by atoms with van der Waals surface area (Å²) in [6.07, 6.45) is 9.71. The van der Waals surface area contributed by atoms with Crippen molar-refractivity contribution in [3.8, 4) is 0 Å². The van der Waals surface area contributed by atoms with Gasteiger partial charge in [-0.25, -0.2) is 0 Å². The monoisotopic (exact) mass is 208 g/mol. The highest BCUT2D eigenvalue weighted by Crippen LogP contribution is 2.30. The van der Waals surface area contributed by atoms with E-state index in [2.05, 4.69) is 10.3 Å². The molecule has 2 N–H and O–H groups in total. The molecule has 2 rings (SSSR count). The van der Waals surface area contributed by atoms with Crippen molar-refractivity contribution in [3.63, 3.8) is 0 Å². The highest BCUT2D eigenvalue weighted by molar-refractivity contribution is 5.00. The van der Waals surface area contributed by atoms with Gasteiger partial charge in [-0.3, -0.25) is 4.68 Å². The van der Waals surface area contributed by atoms with Gasteiger partial charge in [0.2, 0.25) is 0 Å². The Morgan fingerprint density at radius 1 is 1.53 bits per heavy atom. The first-order valence-corrected chi connectivity index (χ1v) is 5.87. The van der Waals surface area contributed by atoms with Crippen LogP contribution in [0.2, 0.25) is 0 Å². The Balaban J connectivity index is 1.81. The van der Waals surface area contributed by atoms with Crippen LogP contribution in [0, 0.1) is 5.92 Å². The lowest BCUT2D eigenvalue weighted by molar-refractivity contribution is 0.443. The van der Waals surface area contributed by atoms with Crippen LogP contribution in [-0.4, -0.2) is 15.0 Å². The Bertz CT molecular complexity index is 301. The summed E-state index contributed by atoms with van der Waals surface area (Å²) in [5.74, 6) is 0.914. The summed E-state index contributed by atoms with van der Waals surface area (Å²) in [6, 6.07) is 0.102. The smallest absolute Gasteiger partial charge is 0.0751 e. The minimum atomic E-state index is 0.102. The molecule has 4 heteroatoms. The van der Waals surface area contributed by atoms with Gasteiger partial charge in [-0.2, -0.15) is 0 Å². The van der Waals surface area contributed by atoms with E-state index in [-0.39, 0.29) is 6.04 Å². The number of hydrogen-bond acceptors (Lipinski definition) is 3. The van der Waals surface area contributed by atoms with Gasteiger partial charge in [0.1, 0.15) is 0 Å². The number of aromatic nitrogens is 3. The second-order valence-corrected chi connectivity index (χ2v) is 4.62. The van der Waals surface area contributed by atoms with Crippen LogP contribution in [0.4, 0.5) is 0 Å². The zero-order valence-electron chi connectivity index (χ0n) is 9.39. The lowest BCUT2D eigenvalue weighted by Crippen LogP contribution is -2.15. The van der Waals surface area contributed by atoms with Crippen LogP contribution >= 0.6 is 0 Å². The topological polar surface area (TPSA) is 56.7 Å². The Kier molecular flexibility index (Phi) is 3.36. The largest absolute Gasteiger partial charge is 0.323 e. The summed E-state index contributed by atoms with van der Waals surface area (Å²) in [7, 11) is 1.90. The molecule has 4 nitrogen and oxygen atoms in total. The van der Waals surface area contributed by atoms with Crippen LogP contribution < -0.4 is 5.73 Å². The summed E-state index contributed by atoms with van der Waals surface area (Å²) >= 11 is 0. The van der Waals surface area contributed by atoms with E-state index in [1.165, 1.54) is 32.1 Å². The van der Waals surface area contributed by atoms with Crippen molar-refractivity contribution in [1.29, 1.82) is 0 Å². The van der Waals surface area contributed by atoms with Crippen LogP contribution in [0.25, 0.3) is 0 Å². The zero-order chi connectivity index (χ0) is 10.7. The maximum atomic E-state index is 6.12. The maximum absolute atomic E-state index is 6.12. The molecule has 0 amide bonds. The van der Waals surface area contributed by atoms with Crippen LogP contribution in [-0.2, 0) is 7.05 Å². The molecule has 0 saturated heterocycles. The molecule has 1 aliphatic carbocycles. The average Bonchev–Trinajstić information content (AvgIpc) is 2.84. The third-order valence-electron chi connectivity index (χ3n) is 3.49. The van der Waals surface area contributed by atoms with E-state index >= 15 is 0 Å². The molecular formula is C11H20N4. The molecule has 1 heterocycles. The molecule has 0 aromatic carbocycles. The molecular weight excluding hydrogens is 188 g/mol. The molecule has 1 fully saturated rings. The quantitative estimate of drug-likeness (QED) is 0.820. The first kappa shape index (κ1) is 10.6. The van der Waals surface area contributed by atoms with Gasteiger partial charge < -0.3 is 5.73 Å². The predicted molar refractivity (Wildman–Crippen MR) is 59.1 cm³/mol. The first-order valence-electron chi connectivity index (χ1n) is 5.87. The fourth-order valence-corrected chi connectivity index (χ4v) is 2.50. The lowest BCUT2D eigenvalue weighted by Gasteiger charge is -2.14. The van der Waals surface area contributed by atoms with Gasteiger partial charge >= 0.3 is 0 Å². The molecule has 15 heavy (non-hydrogen) atoms. The molecule has 1 aliphatic rings.